The first-order valence-corrected chi connectivity index (χ1v) is 8.20. The Kier molecular flexibility index (Phi) is 5.40. The molecule has 1 aromatic carbocycles. The Morgan fingerprint density at radius 2 is 1.81 bits per heavy atom. The molecule has 1 amide bonds. The zero-order valence-electron chi connectivity index (χ0n) is 13.5. The predicted molar refractivity (Wildman–Crippen MR) is 86.8 cm³/mol. The van der Waals surface area contributed by atoms with Gasteiger partial charge in [-0.2, -0.15) is 0 Å². The molecule has 2 N–H and O–H groups in total. The third kappa shape index (κ3) is 4.07. The van der Waals surface area contributed by atoms with Crippen LogP contribution in [0.5, 0.6) is 0 Å². The van der Waals surface area contributed by atoms with E-state index >= 15 is 0 Å². The zero-order chi connectivity index (χ0) is 15.4. The van der Waals surface area contributed by atoms with Crippen LogP contribution in [0.3, 0.4) is 0 Å². The third-order valence-corrected chi connectivity index (χ3v) is 4.60. The van der Waals surface area contributed by atoms with E-state index in [0.29, 0.717) is 12.6 Å². The van der Waals surface area contributed by atoms with Crippen molar-refractivity contribution >= 4 is 5.91 Å². The van der Waals surface area contributed by atoms with E-state index in [9.17, 15) is 4.79 Å². The molecule has 0 aromatic heterocycles. The van der Waals surface area contributed by atoms with Crippen LogP contribution in [0.4, 0.5) is 0 Å². The smallest absolute Gasteiger partial charge is 0.240 e. The second-order valence-corrected chi connectivity index (χ2v) is 6.28. The van der Waals surface area contributed by atoms with Gasteiger partial charge in [0.05, 0.1) is 6.04 Å². The quantitative estimate of drug-likeness (QED) is 0.838. The van der Waals surface area contributed by atoms with Gasteiger partial charge in [-0.05, 0) is 36.3 Å². The van der Waals surface area contributed by atoms with Gasteiger partial charge in [-0.15, -0.1) is 0 Å². The average molecular weight is 288 g/mol. The largest absolute Gasteiger partial charge is 0.334 e. The highest BCUT2D eigenvalue weighted by molar-refractivity contribution is 5.82. The lowest BCUT2D eigenvalue weighted by Crippen LogP contribution is -2.47. The van der Waals surface area contributed by atoms with Crippen molar-refractivity contribution < 1.29 is 4.79 Å². The number of hydrogen-bond acceptors (Lipinski definition) is 2. The summed E-state index contributed by atoms with van der Waals surface area (Å²) < 4.78 is 0. The summed E-state index contributed by atoms with van der Waals surface area (Å²) in [5.41, 5.74) is 8.68. The van der Waals surface area contributed by atoms with E-state index in [1.165, 1.54) is 11.1 Å². The Bertz CT molecular complexity index is 465. The Hall–Kier alpha value is -1.35. The van der Waals surface area contributed by atoms with E-state index in [0.717, 1.165) is 25.7 Å². The second kappa shape index (κ2) is 7.08. The summed E-state index contributed by atoms with van der Waals surface area (Å²) in [6, 6.07) is 8.61. The highest BCUT2D eigenvalue weighted by Gasteiger charge is 2.35. The lowest BCUT2D eigenvalue weighted by Gasteiger charge is -2.28. The van der Waals surface area contributed by atoms with Crippen LogP contribution >= 0.6 is 0 Å². The van der Waals surface area contributed by atoms with E-state index in [1.807, 2.05) is 4.90 Å². The molecule has 3 nitrogen and oxygen atoms in total. The molecule has 2 atom stereocenters. The summed E-state index contributed by atoms with van der Waals surface area (Å²) in [6.45, 7) is 6.99. The maximum atomic E-state index is 12.7. The number of amides is 1. The first-order chi connectivity index (χ1) is 10.1. The third-order valence-electron chi connectivity index (χ3n) is 4.60. The van der Waals surface area contributed by atoms with Gasteiger partial charge in [-0.3, -0.25) is 4.79 Å². The lowest BCUT2D eigenvalue weighted by molar-refractivity contribution is -0.135. The number of hydrogen-bond donors (Lipinski definition) is 1. The maximum absolute atomic E-state index is 12.7. The monoisotopic (exact) mass is 288 g/mol. The molecule has 0 unspecified atom stereocenters. The van der Waals surface area contributed by atoms with Crippen LogP contribution in [0.1, 0.15) is 51.2 Å². The molecule has 0 saturated heterocycles. The Labute approximate surface area is 128 Å². The predicted octanol–water partition coefficient (Wildman–Crippen LogP) is 3.11. The minimum Gasteiger partial charge on any atom is -0.334 e. The van der Waals surface area contributed by atoms with E-state index in [2.05, 4.69) is 45.0 Å². The number of nitrogens with zero attached hydrogens (tertiary/aromatic N) is 1. The van der Waals surface area contributed by atoms with Crippen molar-refractivity contribution in [2.75, 3.05) is 0 Å². The van der Waals surface area contributed by atoms with Crippen LogP contribution in [0, 0.1) is 5.92 Å². The van der Waals surface area contributed by atoms with Gasteiger partial charge in [0.15, 0.2) is 0 Å². The Morgan fingerprint density at radius 1 is 1.24 bits per heavy atom. The number of benzene rings is 1. The number of rotatable bonds is 7. The molecule has 2 rings (SSSR count). The van der Waals surface area contributed by atoms with Crippen molar-refractivity contribution in [2.45, 2.75) is 65.1 Å². The van der Waals surface area contributed by atoms with Gasteiger partial charge in [0, 0.05) is 12.6 Å². The van der Waals surface area contributed by atoms with E-state index < -0.39 is 0 Å². The van der Waals surface area contributed by atoms with Crippen LogP contribution < -0.4 is 5.73 Å². The Balaban J connectivity index is 2.06. The molecule has 0 aliphatic heterocycles. The molecule has 21 heavy (non-hydrogen) atoms. The molecule has 0 radical (unpaired) electrons. The summed E-state index contributed by atoms with van der Waals surface area (Å²) in [5.74, 6) is 0.354. The summed E-state index contributed by atoms with van der Waals surface area (Å²) in [6.07, 6.45) is 4.22. The van der Waals surface area contributed by atoms with Gasteiger partial charge in [0.1, 0.15) is 0 Å². The van der Waals surface area contributed by atoms with Crippen molar-refractivity contribution in [1.82, 2.24) is 4.90 Å². The van der Waals surface area contributed by atoms with Crippen molar-refractivity contribution in [2.24, 2.45) is 11.7 Å². The van der Waals surface area contributed by atoms with Crippen molar-refractivity contribution in [1.29, 1.82) is 0 Å². The summed E-state index contributed by atoms with van der Waals surface area (Å²) >= 11 is 0. The minimum absolute atomic E-state index is 0.117. The molecule has 1 aliphatic rings. The number of carbonyl (C=O) groups excluding carboxylic acids is 1. The fraction of sp³-hybridized carbons (Fsp3) is 0.611. The highest BCUT2D eigenvalue weighted by atomic mass is 16.2. The van der Waals surface area contributed by atoms with Crippen LogP contribution in [-0.4, -0.2) is 22.9 Å². The van der Waals surface area contributed by atoms with Crippen molar-refractivity contribution in [3.05, 3.63) is 35.4 Å². The van der Waals surface area contributed by atoms with E-state index in [1.54, 1.807) is 0 Å². The van der Waals surface area contributed by atoms with Crippen LogP contribution in [-0.2, 0) is 17.8 Å². The molecule has 1 saturated carbocycles. The first kappa shape index (κ1) is 16.0. The first-order valence-electron chi connectivity index (χ1n) is 8.20. The molecule has 3 heteroatoms. The SMILES string of the molecule is CCc1ccc(CN(C(=O)[C@@H](N)[C@@H](C)CC)C2CC2)cc1. The fourth-order valence-electron chi connectivity index (χ4n) is 2.54. The highest BCUT2D eigenvalue weighted by Crippen LogP contribution is 2.29. The van der Waals surface area contributed by atoms with Gasteiger partial charge < -0.3 is 10.6 Å². The maximum Gasteiger partial charge on any atom is 0.240 e. The van der Waals surface area contributed by atoms with Crippen molar-refractivity contribution in [3.63, 3.8) is 0 Å². The van der Waals surface area contributed by atoms with E-state index in [-0.39, 0.29) is 17.9 Å². The van der Waals surface area contributed by atoms with Crippen LogP contribution in [0.25, 0.3) is 0 Å². The number of aryl methyl sites for hydroxylation is 1. The molecule has 1 aromatic rings. The number of nitrogens with two attached hydrogens (primary N) is 1. The zero-order valence-corrected chi connectivity index (χ0v) is 13.5. The molecular weight excluding hydrogens is 260 g/mol. The topological polar surface area (TPSA) is 46.3 Å². The molecule has 0 bridgehead atoms. The van der Waals surface area contributed by atoms with Gasteiger partial charge >= 0.3 is 0 Å². The van der Waals surface area contributed by atoms with Gasteiger partial charge in [-0.1, -0.05) is 51.5 Å². The lowest BCUT2D eigenvalue weighted by atomic mass is 9.98. The second-order valence-electron chi connectivity index (χ2n) is 6.28. The standard InChI is InChI=1S/C18H28N2O/c1-4-13(3)17(19)18(21)20(16-10-11-16)12-15-8-6-14(5-2)7-9-15/h6-9,13,16-17H,4-5,10-12,19H2,1-3H3/t13-,17-/m0/s1. The summed E-state index contributed by atoms with van der Waals surface area (Å²) in [5, 5.41) is 0. The molecule has 1 aliphatic carbocycles. The number of carbonyl (C=O) groups is 1. The van der Waals surface area contributed by atoms with Gasteiger partial charge in [-0.25, -0.2) is 0 Å². The normalized spacial score (nSPS) is 17.3. The minimum atomic E-state index is -0.370. The van der Waals surface area contributed by atoms with Crippen molar-refractivity contribution in [3.8, 4) is 0 Å². The Morgan fingerprint density at radius 3 is 2.29 bits per heavy atom. The molecular formula is C18H28N2O. The van der Waals surface area contributed by atoms with Crippen LogP contribution in [0.15, 0.2) is 24.3 Å². The molecule has 0 heterocycles. The molecule has 116 valence electrons. The summed E-state index contributed by atoms with van der Waals surface area (Å²) in [7, 11) is 0. The average Bonchev–Trinajstić information content (AvgIpc) is 3.35. The summed E-state index contributed by atoms with van der Waals surface area (Å²) in [4.78, 5) is 14.7. The van der Waals surface area contributed by atoms with E-state index in [4.69, 9.17) is 5.73 Å². The molecule has 0 spiro atoms. The fourth-order valence-corrected chi connectivity index (χ4v) is 2.54. The van der Waals surface area contributed by atoms with Crippen LogP contribution in [0.2, 0.25) is 0 Å². The molecule has 1 fully saturated rings. The van der Waals surface area contributed by atoms with Gasteiger partial charge in [0.2, 0.25) is 5.91 Å². The van der Waals surface area contributed by atoms with Gasteiger partial charge in [0.25, 0.3) is 0 Å².